The molecular weight excluding hydrogens is 266 g/mol. The summed E-state index contributed by atoms with van der Waals surface area (Å²) in [4.78, 5) is 16.5. The van der Waals surface area contributed by atoms with E-state index in [1.807, 2.05) is 43.5 Å². The van der Waals surface area contributed by atoms with Crippen molar-refractivity contribution in [3.05, 3.63) is 51.4 Å². The minimum atomic E-state index is 0.0136. The number of rotatable bonds is 2. The zero-order valence-electron chi connectivity index (χ0n) is 12.5. The average Bonchev–Trinajstić information content (AvgIpc) is 2.75. The van der Waals surface area contributed by atoms with Crippen LogP contribution in [0.4, 0.5) is 0 Å². The molecule has 0 saturated heterocycles. The quantitative estimate of drug-likeness (QED) is 0.786. The minimum absolute atomic E-state index is 0.0136. The molecule has 0 unspecified atom stereocenters. The molecule has 5 heteroatoms. The van der Waals surface area contributed by atoms with E-state index >= 15 is 0 Å². The number of H-pyrrole nitrogens is 1. The number of pyridine rings is 1. The van der Waals surface area contributed by atoms with Gasteiger partial charge in [0, 0.05) is 23.4 Å². The molecule has 21 heavy (non-hydrogen) atoms. The number of aromatic amines is 1. The molecule has 0 bridgehead atoms. The first-order valence-electron chi connectivity index (χ1n) is 6.75. The van der Waals surface area contributed by atoms with Gasteiger partial charge in [-0.25, -0.2) is 4.98 Å². The highest BCUT2D eigenvalue weighted by molar-refractivity contribution is 5.72. The number of ether oxygens (including phenoxy) is 1. The van der Waals surface area contributed by atoms with Gasteiger partial charge in [-0.1, -0.05) is 0 Å². The van der Waals surface area contributed by atoms with Crippen LogP contribution in [-0.2, 0) is 0 Å². The Hall–Kier alpha value is -2.56. The Kier molecular flexibility index (Phi) is 3.05. The lowest BCUT2D eigenvalue weighted by Gasteiger charge is -2.09. The number of aromatic nitrogens is 3. The summed E-state index contributed by atoms with van der Waals surface area (Å²) < 4.78 is 6.98. The lowest BCUT2D eigenvalue weighted by molar-refractivity contribution is 0.397. The fraction of sp³-hybridized carbons (Fsp3) is 0.250. The Morgan fingerprint density at radius 3 is 2.62 bits per heavy atom. The maximum absolute atomic E-state index is 12.1. The first-order chi connectivity index (χ1) is 10.0. The second kappa shape index (κ2) is 4.77. The first-order valence-corrected chi connectivity index (χ1v) is 6.75. The van der Waals surface area contributed by atoms with Crippen LogP contribution in [0.5, 0.6) is 5.88 Å². The molecule has 0 aliphatic heterocycles. The minimum Gasteiger partial charge on any atom is -0.481 e. The third-order valence-corrected chi connectivity index (χ3v) is 3.60. The number of fused-ring (bicyclic) bond motifs is 1. The van der Waals surface area contributed by atoms with Crippen LogP contribution in [0.3, 0.4) is 0 Å². The summed E-state index contributed by atoms with van der Waals surface area (Å²) in [6.45, 7) is 5.80. The monoisotopic (exact) mass is 283 g/mol. The van der Waals surface area contributed by atoms with Gasteiger partial charge in [0.05, 0.1) is 18.5 Å². The normalized spacial score (nSPS) is 11.0. The molecule has 0 spiro atoms. The molecule has 0 aliphatic carbocycles. The van der Waals surface area contributed by atoms with Crippen LogP contribution in [0.15, 0.2) is 29.1 Å². The zero-order valence-corrected chi connectivity index (χ0v) is 12.5. The predicted octanol–water partition coefficient (Wildman–Crippen LogP) is 2.62. The van der Waals surface area contributed by atoms with Gasteiger partial charge in [-0.05, 0) is 38.5 Å². The standard InChI is InChI=1S/C16H17N3O2/c1-9-7-13-14(20)8-10(2)18-19(13)16(9)12-5-6-15(21-4)17-11(12)3/h5-8,18H,1-4H3. The van der Waals surface area contributed by atoms with Crippen molar-refractivity contribution in [1.82, 2.24) is 14.6 Å². The van der Waals surface area contributed by atoms with Crippen molar-refractivity contribution < 1.29 is 4.74 Å². The van der Waals surface area contributed by atoms with Crippen molar-refractivity contribution in [2.75, 3.05) is 7.11 Å². The smallest absolute Gasteiger partial charge is 0.213 e. The summed E-state index contributed by atoms with van der Waals surface area (Å²) >= 11 is 0. The maximum atomic E-state index is 12.1. The summed E-state index contributed by atoms with van der Waals surface area (Å²) in [5.74, 6) is 0.583. The van der Waals surface area contributed by atoms with Crippen LogP contribution in [0.2, 0.25) is 0 Å². The van der Waals surface area contributed by atoms with E-state index in [0.29, 0.717) is 11.4 Å². The molecule has 0 saturated carbocycles. The fourth-order valence-electron chi connectivity index (χ4n) is 2.65. The van der Waals surface area contributed by atoms with Crippen molar-refractivity contribution >= 4 is 5.52 Å². The second-order valence-corrected chi connectivity index (χ2v) is 5.19. The third-order valence-electron chi connectivity index (χ3n) is 3.60. The molecule has 3 aromatic rings. The molecule has 0 aromatic carbocycles. The first kappa shape index (κ1) is 13.4. The van der Waals surface area contributed by atoms with Crippen molar-refractivity contribution in [2.45, 2.75) is 20.8 Å². The summed E-state index contributed by atoms with van der Waals surface area (Å²) in [7, 11) is 1.60. The summed E-state index contributed by atoms with van der Waals surface area (Å²) in [6, 6.07) is 7.31. The van der Waals surface area contributed by atoms with E-state index in [0.717, 1.165) is 28.2 Å². The van der Waals surface area contributed by atoms with Gasteiger partial charge in [-0.15, -0.1) is 0 Å². The molecule has 0 amide bonds. The van der Waals surface area contributed by atoms with Crippen LogP contribution in [0.1, 0.15) is 17.0 Å². The highest BCUT2D eigenvalue weighted by Crippen LogP contribution is 2.28. The molecule has 3 rings (SSSR count). The van der Waals surface area contributed by atoms with Crippen LogP contribution in [0, 0.1) is 20.8 Å². The molecule has 1 N–H and O–H groups in total. The van der Waals surface area contributed by atoms with Crippen LogP contribution in [0.25, 0.3) is 16.8 Å². The van der Waals surface area contributed by atoms with Crippen molar-refractivity contribution in [3.8, 4) is 17.1 Å². The highest BCUT2D eigenvalue weighted by Gasteiger charge is 2.15. The zero-order chi connectivity index (χ0) is 15.1. The number of aryl methyl sites for hydroxylation is 3. The van der Waals surface area contributed by atoms with E-state index in [1.165, 1.54) is 0 Å². The number of methoxy groups -OCH3 is 1. The van der Waals surface area contributed by atoms with Gasteiger partial charge in [0.25, 0.3) is 0 Å². The van der Waals surface area contributed by atoms with Gasteiger partial charge in [0.1, 0.15) is 5.52 Å². The molecule has 0 radical (unpaired) electrons. The SMILES string of the molecule is COc1ccc(-c2c(C)cc3c(=O)cc(C)[nH]n23)c(C)n1. The number of hydrogen-bond donors (Lipinski definition) is 1. The van der Waals surface area contributed by atoms with Gasteiger partial charge in [-0.3, -0.25) is 14.4 Å². The Morgan fingerprint density at radius 2 is 1.95 bits per heavy atom. The molecule has 108 valence electrons. The van der Waals surface area contributed by atoms with E-state index in [1.54, 1.807) is 13.2 Å². The molecule has 0 fully saturated rings. The van der Waals surface area contributed by atoms with Crippen molar-refractivity contribution in [3.63, 3.8) is 0 Å². The highest BCUT2D eigenvalue weighted by atomic mass is 16.5. The Morgan fingerprint density at radius 1 is 1.19 bits per heavy atom. The molecule has 0 atom stereocenters. The van der Waals surface area contributed by atoms with Crippen LogP contribution in [-0.4, -0.2) is 21.7 Å². The van der Waals surface area contributed by atoms with Crippen LogP contribution < -0.4 is 10.2 Å². The Labute approximate surface area is 122 Å². The van der Waals surface area contributed by atoms with E-state index in [2.05, 4.69) is 10.1 Å². The number of nitrogens with zero attached hydrogens (tertiary/aromatic N) is 2. The average molecular weight is 283 g/mol. The summed E-state index contributed by atoms with van der Waals surface area (Å²) in [6.07, 6.45) is 0. The van der Waals surface area contributed by atoms with E-state index < -0.39 is 0 Å². The lowest BCUT2D eigenvalue weighted by Crippen LogP contribution is -2.09. The van der Waals surface area contributed by atoms with Crippen molar-refractivity contribution in [2.24, 2.45) is 0 Å². The van der Waals surface area contributed by atoms with Crippen molar-refractivity contribution in [1.29, 1.82) is 0 Å². The van der Waals surface area contributed by atoms with Gasteiger partial charge in [0.15, 0.2) is 0 Å². The van der Waals surface area contributed by atoms with E-state index in [4.69, 9.17) is 4.74 Å². The van der Waals surface area contributed by atoms with Crippen LogP contribution >= 0.6 is 0 Å². The largest absolute Gasteiger partial charge is 0.481 e. The second-order valence-electron chi connectivity index (χ2n) is 5.19. The van der Waals surface area contributed by atoms with Gasteiger partial charge in [0.2, 0.25) is 11.3 Å². The molecule has 3 aromatic heterocycles. The van der Waals surface area contributed by atoms with Gasteiger partial charge in [-0.2, -0.15) is 0 Å². The Bertz CT molecular complexity index is 890. The Balaban J connectivity index is 2.35. The van der Waals surface area contributed by atoms with E-state index in [-0.39, 0.29) is 5.43 Å². The summed E-state index contributed by atoms with van der Waals surface area (Å²) in [5, 5.41) is 3.23. The van der Waals surface area contributed by atoms with Gasteiger partial charge >= 0.3 is 0 Å². The topological polar surface area (TPSA) is 59.4 Å². The lowest BCUT2D eigenvalue weighted by atomic mass is 10.1. The number of hydrogen-bond acceptors (Lipinski definition) is 3. The predicted molar refractivity (Wildman–Crippen MR) is 82.0 cm³/mol. The van der Waals surface area contributed by atoms with Gasteiger partial charge < -0.3 is 4.74 Å². The molecule has 3 heterocycles. The number of nitrogens with one attached hydrogen (secondary N) is 1. The molecule has 0 aliphatic rings. The molecular formula is C16H17N3O2. The molecule has 5 nitrogen and oxygen atoms in total. The summed E-state index contributed by atoms with van der Waals surface area (Å²) in [5.41, 5.74) is 5.31. The van der Waals surface area contributed by atoms with E-state index in [9.17, 15) is 4.79 Å². The third kappa shape index (κ3) is 2.11. The fourth-order valence-corrected chi connectivity index (χ4v) is 2.65. The maximum Gasteiger partial charge on any atom is 0.213 e.